The van der Waals surface area contributed by atoms with Gasteiger partial charge in [-0.3, -0.25) is 38.1 Å². The van der Waals surface area contributed by atoms with Gasteiger partial charge in [-0.2, -0.15) is 0 Å². The lowest BCUT2D eigenvalue weighted by Crippen LogP contribution is -2.58. The second-order valence-electron chi connectivity index (χ2n) is 22.9. The SMILES string of the molecule is CN[C@@H](C)C(=O)N[C@H]1CCCC[C@H]2CC[C@@H](C(=O)N[C@@H](c3ccccc3)c3cn(CCCCc4ccc(CCCCn5cc([C@H](NC(=O)[C@@H]6CC[C@H]7CCCC[C@@H](NC(=O)[C@H](C)NC)C(=O)N76)c6ccccc6)nn5)cc4)nn3)N2C1=O. The molecule has 0 radical (unpaired) electrons. The van der Waals surface area contributed by atoms with E-state index >= 15 is 0 Å². The molecule has 82 heavy (non-hydrogen) atoms. The smallest absolute Gasteiger partial charge is 0.246 e. The van der Waals surface area contributed by atoms with Gasteiger partial charge in [-0.25, -0.2) is 0 Å². The zero-order valence-electron chi connectivity index (χ0n) is 48.2. The number of carbonyl (C=O) groups excluding carboxylic acids is 6. The molecule has 2 aromatic heterocycles. The van der Waals surface area contributed by atoms with Crippen LogP contribution in [-0.4, -0.2) is 138 Å². The van der Waals surface area contributed by atoms with E-state index in [0.717, 1.165) is 101 Å². The van der Waals surface area contributed by atoms with Crippen molar-refractivity contribution in [2.75, 3.05) is 14.1 Å². The molecular weight excluding hydrogens is 1040 g/mol. The van der Waals surface area contributed by atoms with E-state index in [1.807, 2.05) is 82.4 Å². The van der Waals surface area contributed by atoms with Crippen LogP contribution < -0.4 is 31.9 Å². The van der Waals surface area contributed by atoms with Crippen LogP contribution in [0.5, 0.6) is 0 Å². The molecule has 5 aromatic rings. The number of aryl methyl sites for hydroxylation is 4. The van der Waals surface area contributed by atoms with Crippen molar-refractivity contribution in [1.82, 2.24) is 71.7 Å². The number of fused-ring (bicyclic) bond motifs is 2. The van der Waals surface area contributed by atoms with Gasteiger partial charge in [0.1, 0.15) is 35.6 Å². The van der Waals surface area contributed by atoms with Crippen molar-refractivity contribution in [2.24, 2.45) is 0 Å². The molecule has 20 nitrogen and oxygen atoms in total. The monoisotopic (exact) mass is 1120 g/mol. The van der Waals surface area contributed by atoms with E-state index in [0.29, 0.717) is 50.2 Å². The van der Waals surface area contributed by atoms with Crippen molar-refractivity contribution < 1.29 is 28.8 Å². The van der Waals surface area contributed by atoms with Gasteiger partial charge in [0.2, 0.25) is 35.4 Å². The summed E-state index contributed by atoms with van der Waals surface area (Å²) in [5.74, 6) is -1.31. The molecule has 438 valence electrons. The van der Waals surface area contributed by atoms with Crippen molar-refractivity contribution in [2.45, 2.75) is 203 Å². The number of nitrogens with one attached hydrogen (secondary N) is 6. The predicted octanol–water partition coefficient (Wildman–Crippen LogP) is 5.38. The Labute approximate surface area is 482 Å². The van der Waals surface area contributed by atoms with Gasteiger partial charge in [-0.15, -0.1) is 10.2 Å². The Morgan fingerprint density at radius 3 is 1.29 bits per heavy atom. The van der Waals surface area contributed by atoms with Crippen LogP contribution in [-0.2, 0) is 54.7 Å². The highest BCUT2D eigenvalue weighted by atomic mass is 16.2. The van der Waals surface area contributed by atoms with Crippen LogP contribution in [0.15, 0.2) is 97.3 Å². The summed E-state index contributed by atoms with van der Waals surface area (Å²) in [4.78, 5) is 86.0. The number of hydrogen-bond acceptors (Lipinski definition) is 12. The van der Waals surface area contributed by atoms with Crippen molar-refractivity contribution >= 4 is 35.4 Å². The van der Waals surface area contributed by atoms with E-state index in [1.165, 1.54) is 11.1 Å². The summed E-state index contributed by atoms with van der Waals surface area (Å²) >= 11 is 0. The van der Waals surface area contributed by atoms with E-state index in [9.17, 15) is 28.8 Å². The molecule has 0 bridgehead atoms. The number of aromatic nitrogens is 6. The second-order valence-corrected chi connectivity index (χ2v) is 22.9. The average Bonchev–Trinajstić information content (AvgIpc) is 4.39. The zero-order valence-corrected chi connectivity index (χ0v) is 48.2. The maximum Gasteiger partial charge on any atom is 0.246 e. The zero-order chi connectivity index (χ0) is 57.5. The summed E-state index contributed by atoms with van der Waals surface area (Å²) < 4.78 is 3.68. The lowest BCUT2D eigenvalue weighted by Gasteiger charge is -2.36. The Bertz CT molecular complexity index is 2720. The van der Waals surface area contributed by atoms with E-state index < -0.39 is 48.3 Å². The first-order chi connectivity index (χ1) is 39.9. The van der Waals surface area contributed by atoms with Gasteiger partial charge < -0.3 is 41.7 Å². The molecule has 6 heterocycles. The molecule has 10 atom stereocenters. The summed E-state index contributed by atoms with van der Waals surface area (Å²) in [5, 5.41) is 36.4. The van der Waals surface area contributed by atoms with Crippen LogP contribution in [0.2, 0.25) is 0 Å². The number of rotatable bonds is 24. The fourth-order valence-electron chi connectivity index (χ4n) is 12.3. The van der Waals surface area contributed by atoms with Crippen molar-refractivity contribution in [3.63, 3.8) is 0 Å². The fraction of sp³-hybridized carbons (Fsp3) is 0.548. The van der Waals surface area contributed by atoms with Gasteiger partial charge in [0.25, 0.3) is 0 Å². The van der Waals surface area contributed by atoms with Crippen LogP contribution in [0.3, 0.4) is 0 Å². The maximum atomic E-state index is 14.3. The second kappa shape index (κ2) is 28.6. The third-order valence-corrected chi connectivity index (χ3v) is 17.3. The normalized spacial score (nSPS) is 22.5. The molecule has 9 rings (SSSR count). The van der Waals surface area contributed by atoms with Gasteiger partial charge in [0.05, 0.1) is 36.6 Å². The van der Waals surface area contributed by atoms with Crippen LogP contribution in [0, 0.1) is 0 Å². The molecule has 0 saturated carbocycles. The van der Waals surface area contributed by atoms with Crippen molar-refractivity contribution in [1.29, 1.82) is 0 Å². The van der Waals surface area contributed by atoms with Crippen LogP contribution >= 0.6 is 0 Å². The maximum absolute atomic E-state index is 14.3. The highest BCUT2D eigenvalue weighted by Gasteiger charge is 2.46. The quantitative estimate of drug-likeness (QED) is 0.0427. The number of carbonyl (C=O) groups is 6. The Hall–Kier alpha value is -7.32. The summed E-state index contributed by atoms with van der Waals surface area (Å²) in [7, 11) is 3.43. The predicted molar refractivity (Wildman–Crippen MR) is 310 cm³/mol. The number of unbranched alkanes of at least 4 members (excludes halogenated alkanes) is 2. The van der Waals surface area contributed by atoms with Gasteiger partial charge in [-0.05, 0) is 140 Å². The minimum atomic E-state index is -0.676. The molecule has 20 heteroatoms. The number of amides is 6. The highest BCUT2D eigenvalue weighted by molar-refractivity contribution is 5.95. The molecule has 6 N–H and O–H groups in total. The number of likely N-dealkylation sites (N-methyl/N-ethyl adjacent to an activating group) is 2. The van der Waals surface area contributed by atoms with Crippen LogP contribution in [0.25, 0.3) is 0 Å². The first-order valence-electron chi connectivity index (χ1n) is 30.1. The van der Waals surface area contributed by atoms with Gasteiger partial charge >= 0.3 is 0 Å². The summed E-state index contributed by atoms with van der Waals surface area (Å²) in [5.41, 5.74) is 5.53. The van der Waals surface area contributed by atoms with Crippen molar-refractivity contribution in [3.8, 4) is 0 Å². The van der Waals surface area contributed by atoms with E-state index in [2.05, 4.69) is 76.8 Å². The first kappa shape index (κ1) is 59.3. The summed E-state index contributed by atoms with van der Waals surface area (Å²) in [6.45, 7) is 4.86. The summed E-state index contributed by atoms with van der Waals surface area (Å²) in [6.07, 6.45) is 18.2. The number of nitrogens with zero attached hydrogens (tertiary/aromatic N) is 8. The molecule has 3 aromatic carbocycles. The molecule has 4 aliphatic heterocycles. The average molecular weight is 1120 g/mol. The van der Waals surface area contributed by atoms with E-state index in [1.54, 1.807) is 37.7 Å². The third kappa shape index (κ3) is 14.8. The van der Waals surface area contributed by atoms with Gasteiger partial charge in [-0.1, -0.05) is 121 Å². The Balaban J connectivity index is 0.734. The molecule has 0 aliphatic carbocycles. The molecular formula is C62H84N14O6. The number of hydrogen-bond donors (Lipinski definition) is 6. The Kier molecular flexibility index (Phi) is 20.7. The van der Waals surface area contributed by atoms with Gasteiger partial charge in [0.15, 0.2) is 0 Å². The van der Waals surface area contributed by atoms with Crippen LogP contribution in [0.1, 0.15) is 162 Å². The van der Waals surface area contributed by atoms with Crippen molar-refractivity contribution in [3.05, 3.63) is 131 Å². The first-order valence-corrected chi connectivity index (χ1v) is 30.1. The van der Waals surface area contributed by atoms with E-state index in [-0.39, 0.29) is 47.5 Å². The van der Waals surface area contributed by atoms with E-state index in [4.69, 9.17) is 0 Å². The molecule has 0 spiro atoms. The largest absolute Gasteiger partial charge is 0.343 e. The third-order valence-electron chi connectivity index (χ3n) is 17.3. The summed E-state index contributed by atoms with van der Waals surface area (Å²) in [6, 6.07) is 23.5. The molecule has 4 fully saturated rings. The molecule has 4 aliphatic rings. The minimum absolute atomic E-state index is 0.0483. The standard InChI is InChI=1S/C62H84N14O6/c1-41(63-3)57(77)65-49-27-13-11-25-47-33-35-53(75(47)61(49)81)59(79)67-55(45-21-7-5-8-22-45)51-39-73(71-69-51)37-17-15-19-43-29-31-44(32-30-43)20-16-18-38-74-40-52(70-72-74)56(46-23-9-6-10-24-46)68-60(80)54-36-34-48-26-12-14-28-50(62(82)76(48)54)66-58(78)42(2)64-4/h5-10,21-24,29-32,39-42,47-50,53-56,63-64H,11-20,25-28,33-38H2,1-4H3,(H,65,77)(H,66,78)(H,67,79)(H,68,80)/t41-,42-,47-,48+,49-,50+,53-,54-,55-,56+/m0/s1. The molecule has 0 unspecified atom stereocenters. The fourth-order valence-corrected chi connectivity index (χ4v) is 12.3. The lowest BCUT2D eigenvalue weighted by molar-refractivity contribution is -0.144. The lowest BCUT2D eigenvalue weighted by atomic mass is 9.98. The molecule has 4 saturated heterocycles. The molecule has 6 amide bonds. The van der Waals surface area contributed by atoms with Crippen LogP contribution in [0.4, 0.5) is 0 Å². The Morgan fingerprint density at radius 2 is 0.902 bits per heavy atom. The minimum Gasteiger partial charge on any atom is -0.343 e. The van der Waals surface area contributed by atoms with Gasteiger partial charge in [0, 0.05) is 25.2 Å². The topological polar surface area (TPSA) is 242 Å². The highest BCUT2D eigenvalue weighted by Crippen LogP contribution is 2.34. The Morgan fingerprint density at radius 1 is 0.512 bits per heavy atom. The number of benzene rings is 3.